The first-order valence-corrected chi connectivity index (χ1v) is 9.09. The van der Waals surface area contributed by atoms with Crippen LogP contribution in [-0.4, -0.2) is 28.5 Å². The highest BCUT2D eigenvalue weighted by Crippen LogP contribution is 2.29. The molecule has 1 N–H and O–H groups in total. The van der Waals surface area contributed by atoms with E-state index in [9.17, 15) is 9.59 Å². The molecule has 7 nitrogen and oxygen atoms in total. The van der Waals surface area contributed by atoms with Crippen LogP contribution in [0.2, 0.25) is 0 Å². The summed E-state index contributed by atoms with van der Waals surface area (Å²) in [5.41, 5.74) is 3.17. The topological polar surface area (TPSA) is 88.3 Å². The standard InChI is InChI=1S/C21H20N4O3/c1-13-7-9-16(10-8-13)25-12-15(11-19(25)26)20(27)23-18-6-4-3-5-17(18)21-22-14(2)24-28-21/h3-10,15H,11-12H2,1-2H3,(H,23,27)/t15-/m0/s1. The first kappa shape index (κ1) is 17.9. The summed E-state index contributed by atoms with van der Waals surface area (Å²) >= 11 is 0. The van der Waals surface area contributed by atoms with Gasteiger partial charge in [0.2, 0.25) is 11.8 Å². The minimum atomic E-state index is -0.425. The number of para-hydroxylation sites is 1. The highest BCUT2D eigenvalue weighted by Gasteiger charge is 2.35. The lowest BCUT2D eigenvalue weighted by molar-refractivity contribution is -0.122. The fraction of sp³-hybridized carbons (Fsp3) is 0.238. The highest BCUT2D eigenvalue weighted by atomic mass is 16.5. The molecule has 0 unspecified atom stereocenters. The van der Waals surface area contributed by atoms with E-state index >= 15 is 0 Å². The molecule has 1 saturated heterocycles. The van der Waals surface area contributed by atoms with Crippen molar-refractivity contribution >= 4 is 23.2 Å². The molecule has 2 amide bonds. The largest absolute Gasteiger partial charge is 0.334 e. The molecule has 1 aliphatic heterocycles. The van der Waals surface area contributed by atoms with Gasteiger partial charge in [0.05, 0.1) is 17.2 Å². The second-order valence-corrected chi connectivity index (χ2v) is 6.92. The van der Waals surface area contributed by atoms with Crippen molar-refractivity contribution in [3.63, 3.8) is 0 Å². The number of aryl methyl sites for hydroxylation is 2. The maximum absolute atomic E-state index is 12.8. The summed E-state index contributed by atoms with van der Waals surface area (Å²) in [4.78, 5) is 31.1. The predicted octanol–water partition coefficient (Wildman–Crippen LogP) is 3.35. The Hall–Kier alpha value is -3.48. The van der Waals surface area contributed by atoms with Crippen molar-refractivity contribution < 1.29 is 14.1 Å². The highest BCUT2D eigenvalue weighted by molar-refractivity contribution is 6.04. The average molecular weight is 376 g/mol. The Labute approximate surface area is 162 Å². The molecule has 0 spiro atoms. The lowest BCUT2D eigenvalue weighted by Crippen LogP contribution is -2.28. The van der Waals surface area contributed by atoms with Crippen molar-refractivity contribution in [1.82, 2.24) is 10.1 Å². The van der Waals surface area contributed by atoms with Gasteiger partial charge in [-0.15, -0.1) is 0 Å². The first-order valence-electron chi connectivity index (χ1n) is 9.09. The van der Waals surface area contributed by atoms with E-state index in [1.54, 1.807) is 24.0 Å². The summed E-state index contributed by atoms with van der Waals surface area (Å²) in [5.74, 6) is 0.186. The van der Waals surface area contributed by atoms with E-state index in [1.807, 2.05) is 43.3 Å². The third-order valence-corrected chi connectivity index (χ3v) is 4.78. The Kier molecular flexibility index (Phi) is 4.65. The third-order valence-electron chi connectivity index (χ3n) is 4.78. The van der Waals surface area contributed by atoms with Crippen molar-refractivity contribution in [3.8, 4) is 11.5 Å². The number of nitrogens with one attached hydrogen (secondary N) is 1. The Morgan fingerprint density at radius 2 is 1.89 bits per heavy atom. The molecule has 28 heavy (non-hydrogen) atoms. The van der Waals surface area contributed by atoms with Gasteiger partial charge >= 0.3 is 0 Å². The van der Waals surface area contributed by atoms with E-state index < -0.39 is 5.92 Å². The number of amides is 2. The van der Waals surface area contributed by atoms with E-state index in [4.69, 9.17) is 4.52 Å². The normalized spacial score (nSPS) is 16.4. The van der Waals surface area contributed by atoms with Crippen LogP contribution in [0.15, 0.2) is 53.1 Å². The number of rotatable bonds is 4. The number of anilines is 2. The van der Waals surface area contributed by atoms with Gasteiger partial charge in [-0.3, -0.25) is 9.59 Å². The van der Waals surface area contributed by atoms with Gasteiger partial charge in [0.25, 0.3) is 5.89 Å². The molecule has 142 valence electrons. The maximum Gasteiger partial charge on any atom is 0.260 e. The molecule has 2 heterocycles. The first-order chi connectivity index (χ1) is 13.5. The van der Waals surface area contributed by atoms with Crippen molar-refractivity contribution in [3.05, 3.63) is 59.9 Å². The second kappa shape index (κ2) is 7.26. The van der Waals surface area contributed by atoms with Crippen LogP contribution in [0.3, 0.4) is 0 Å². The van der Waals surface area contributed by atoms with Crippen LogP contribution in [0.5, 0.6) is 0 Å². The van der Waals surface area contributed by atoms with Crippen molar-refractivity contribution in [2.75, 3.05) is 16.8 Å². The minimum absolute atomic E-state index is 0.0511. The zero-order chi connectivity index (χ0) is 19.7. The van der Waals surface area contributed by atoms with Gasteiger partial charge in [0, 0.05) is 18.7 Å². The zero-order valence-corrected chi connectivity index (χ0v) is 15.7. The summed E-state index contributed by atoms with van der Waals surface area (Å²) in [7, 11) is 0. The fourth-order valence-electron chi connectivity index (χ4n) is 3.28. The van der Waals surface area contributed by atoms with Gasteiger partial charge in [0.1, 0.15) is 0 Å². The van der Waals surface area contributed by atoms with Crippen LogP contribution in [0.1, 0.15) is 17.8 Å². The molecule has 0 radical (unpaired) electrons. The Balaban J connectivity index is 1.51. The summed E-state index contributed by atoms with van der Waals surface area (Å²) < 4.78 is 5.22. The Morgan fingerprint density at radius 1 is 1.14 bits per heavy atom. The van der Waals surface area contributed by atoms with E-state index in [1.165, 1.54) is 0 Å². The molecule has 1 aromatic heterocycles. The molecule has 0 aliphatic carbocycles. The number of nitrogens with zero attached hydrogens (tertiary/aromatic N) is 3. The van der Waals surface area contributed by atoms with Gasteiger partial charge in [-0.2, -0.15) is 4.98 Å². The molecule has 1 atom stereocenters. The van der Waals surface area contributed by atoms with Crippen LogP contribution >= 0.6 is 0 Å². The zero-order valence-electron chi connectivity index (χ0n) is 15.7. The van der Waals surface area contributed by atoms with Gasteiger partial charge in [-0.25, -0.2) is 0 Å². The number of hydrogen-bond donors (Lipinski definition) is 1. The van der Waals surface area contributed by atoms with Gasteiger partial charge < -0.3 is 14.7 Å². The van der Waals surface area contributed by atoms with Crippen molar-refractivity contribution in [2.24, 2.45) is 5.92 Å². The minimum Gasteiger partial charge on any atom is -0.334 e. The number of aromatic nitrogens is 2. The van der Waals surface area contributed by atoms with Crippen LogP contribution in [0.25, 0.3) is 11.5 Å². The lowest BCUT2D eigenvalue weighted by Gasteiger charge is -2.17. The van der Waals surface area contributed by atoms with Crippen LogP contribution in [-0.2, 0) is 9.59 Å². The Bertz CT molecular complexity index is 1030. The molecule has 7 heteroatoms. The smallest absolute Gasteiger partial charge is 0.260 e. The van der Waals surface area contributed by atoms with E-state index in [0.29, 0.717) is 29.5 Å². The summed E-state index contributed by atoms with van der Waals surface area (Å²) in [6.07, 6.45) is 0.182. The van der Waals surface area contributed by atoms with Gasteiger partial charge in [-0.1, -0.05) is 35.0 Å². The average Bonchev–Trinajstić information content (AvgIpc) is 3.29. The Morgan fingerprint density at radius 3 is 2.61 bits per heavy atom. The molecule has 4 rings (SSSR count). The molecular weight excluding hydrogens is 356 g/mol. The van der Waals surface area contributed by atoms with Crippen LogP contribution in [0.4, 0.5) is 11.4 Å². The van der Waals surface area contributed by atoms with Crippen LogP contribution in [0, 0.1) is 19.8 Å². The summed E-state index contributed by atoms with van der Waals surface area (Å²) in [6, 6.07) is 15.0. The van der Waals surface area contributed by atoms with Gasteiger partial charge in [-0.05, 0) is 38.1 Å². The SMILES string of the molecule is Cc1ccc(N2C[C@@H](C(=O)Nc3ccccc3-c3nc(C)no3)CC2=O)cc1. The number of hydrogen-bond acceptors (Lipinski definition) is 5. The molecule has 3 aromatic rings. The number of carbonyl (C=O) groups excluding carboxylic acids is 2. The number of carbonyl (C=O) groups is 2. The maximum atomic E-state index is 12.8. The molecule has 1 fully saturated rings. The molecule has 0 saturated carbocycles. The summed E-state index contributed by atoms with van der Waals surface area (Å²) in [5, 5.41) is 6.72. The predicted molar refractivity (Wildman–Crippen MR) is 105 cm³/mol. The quantitative estimate of drug-likeness (QED) is 0.754. The van der Waals surface area contributed by atoms with Gasteiger partial charge in [0.15, 0.2) is 5.82 Å². The fourth-order valence-corrected chi connectivity index (χ4v) is 3.28. The monoisotopic (exact) mass is 376 g/mol. The van der Waals surface area contributed by atoms with Crippen LogP contribution < -0.4 is 10.2 Å². The molecule has 0 bridgehead atoms. The van der Waals surface area contributed by atoms with E-state index in [2.05, 4.69) is 15.5 Å². The van der Waals surface area contributed by atoms with Crippen molar-refractivity contribution in [2.45, 2.75) is 20.3 Å². The molecule has 1 aliphatic rings. The lowest BCUT2D eigenvalue weighted by atomic mass is 10.1. The van der Waals surface area contributed by atoms with E-state index in [0.717, 1.165) is 11.3 Å². The second-order valence-electron chi connectivity index (χ2n) is 6.92. The van der Waals surface area contributed by atoms with Crippen molar-refractivity contribution in [1.29, 1.82) is 0 Å². The summed E-state index contributed by atoms with van der Waals surface area (Å²) in [6.45, 7) is 4.09. The molecule has 2 aromatic carbocycles. The van der Waals surface area contributed by atoms with E-state index in [-0.39, 0.29) is 18.2 Å². The third kappa shape index (κ3) is 3.51. The molecular formula is C21H20N4O3. The number of benzene rings is 2.